The van der Waals surface area contributed by atoms with Crippen LogP contribution in [0.15, 0.2) is 219 Å². The fourth-order valence-corrected chi connectivity index (χ4v) is 10.1. The molecule has 0 N–H and O–H groups in total. The van der Waals surface area contributed by atoms with Gasteiger partial charge in [-0.15, -0.1) is 11.3 Å². The van der Waals surface area contributed by atoms with E-state index < -0.39 is 0 Å². The predicted octanol–water partition coefficient (Wildman–Crippen LogP) is 17.8. The molecule has 0 aliphatic carbocycles. The van der Waals surface area contributed by atoms with Crippen LogP contribution in [0, 0.1) is 0 Å². The zero-order chi connectivity index (χ0) is 47.5. The molecule has 69 heavy (non-hydrogen) atoms. The minimum atomic E-state index is 0.960. The summed E-state index contributed by atoms with van der Waals surface area (Å²) < 4.78 is 4.98. The molecule has 0 spiro atoms. The number of benzene rings is 6. The lowest BCUT2D eigenvalue weighted by Crippen LogP contribution is -1.94. The molecule has 6 aromatic heterocycles. The van der Waals surface area contributed by atoms with Gasteiger partial charge in [-0.25, -0.2) is 0 Å². The Kier molecular flexibility index (Phi) is 14.5. The van der Waals surface area contributed by atoms with Gasteiger partial charge >= 0.3 is 0 Å². The van der Waals surface area contributed by atoms with Crippen molar-refractivity contribution in [3.63, 3.8) is 0 Å². The van der Waals surface area contributed by atoms with E-state index in [0.29, 0.717) is 0 Å². The molecule has 0 amide bonds. The molecule has 338 valence electrons. The minimum absolute atomic E-state index is 0.960. The van der Waals surface area contributed by atoms with E-state index in [-0.39, 0.29) is 0 Å². The van der Waals surface area contributed by atoms with Crippen LogP contribution >= 0.6 is 11.3 Å². The monoisotopic (exact) mass is 913 g/mol. The molecule has 6 heteroatoms. The highest BCUT2D eigenvalue weighted by molar-refractivity contribution is 7.25. The molecule has 0 saturated heterocycles. The number of rotatable bonds is 8. The van der Waals surface area contributed by atoms with Gasteiger partial charge in [0.2, 0.25) is 0 Å². The van der Waals surface area contributed by atoms with Crippen LogP contribution in [0.25, 0.3) is 104 Å². The molecule has 12 rings (SSSR count). The average molecular weight is 914 g/mol. The summed E-state index contributed by atoms with van der Waals surface area (Å²) in [4.78, 5) is 18.0. The van der Waals surface area contributed by atoms with Gasteiger partial charge in [0.1, 0.15) is 0 Å². The van der Waals surface area contributed by atoms with Gasteiger partial charge in [0, 0.05) is 90.0 Å². The molecule has 0 radical (unpaired) electrons. The van der Waals surface area contributed by atoms with Crippen molar-refractivity contribution in [3.05, 3.63) is 225 Å². The van der Waals surface area contributed by atoms with E-state index in [1.807, 2.05) is 112 Å². The molecule has 0 unspecified atom stereocenters. The summed E-state index contributed by atoms with van der Waals surface area (Å²) in [6.07, 6.45) is 11.6. The van der Waals surface area contributed by atoms with Crippen molar-refractivity contribution in [3.8, 4) is 61.6 Å². The first kappa shape index (κ1) is 46.1. The van der Waals surface area contributed by atoms with Crippen LogP contribution in [-0.2, 0) is 6.42 Å². The van der Waals surface area contributed by atoms with Crippen LogP contribution in [-0.4, -0.2) is 24.5 Å². The molecule has 0 atom stereocenters. The lowest BCUT2D eigenvalue weighted by atomic mass is 9.94. The number of fused-ring (bicyclic) bond motifs is 6. The van der Waals surface area contributed by atoms with Crippen LogP contribution in [0.1, 0.15) is 46.7 Å². The Hall–Kier alpha value is -8.06. The first-order valence-electron chi connectivity index (χ1n) is 24.1. The van der Waals surface area contributed by atoms with Crippen molar-refractivity contribution in [1.29, 1.82) is 0 Å². The van der Waals surface area contributed by atoms with Crippen LogP contribution in [0.3, 0.4) is 0 Å². The van der Waals surface area contributed by atoms with Gasteiger partial charge in [-0.05, 0) is 131 Å². The third-order valence-corrected chi connectivity index (χ3v) is 13.2. The van der Waals surface area contributed by atoms with Crippen molar-refractivity contribution in [2.45, 2.75) is 47.5 Å². The van der Waals surface area contributed by atoms with E-state index in [1.165, 1.54) is 48.6 Å². The van der Waals surface area contributed by atoms with E-state index in [9.17, 15) is 0 Å². The highest BCUT2D eigenvalue weighted by Gasteiger charge is 2.18. The Morgan fingerprint density at radius 2 is 0.913 bits per heavy atom. The zero-order valence-corrected chi connectivity index (χ0v) is 40.7. The molecule has 0 fully saturated rings. The Balaban J connectivity index is 0.000000405. The average Bonchev–Trinajstić information content (AvgIpc) is 3.97. The molecule has 5 nitrogen and oxygen atoms in total. The lowest BCUT2D eigenvalue weighted by Gasteiger charge is -2.11. The second-order valence-corrected chi connectivity index (χ2v) is 17.2. The van der Waals surface area contributed by atoms with Crippen LogP contribution in [0.4, 0.5) is 0 Å². The van der Waals surface area contributed by atoms with Gasteiger partial charge in [-0.2, -0.15) is 0 Å². The van der Waals surface area contributed by atoms with Crippen LogP contribution in [0.2, 0.25) is 0 Å². The molecule has 0 bridgehead atoms. The molecule has 0 saturated carbocycles. The summed E-state index contributed by atoms with van der Waals surface area (Å²) in [7, 11) is 0. The number of hydrogen-bond acceptors (Lipinski definition) is 5. The highest BCUT2D eigenvalue weighted by atomic mass is 32.1. The second-order valence-electron chi connectivity index (χ2n) is 16.1. The van der Waals surface area contributed by atoms with Gasteiger partial charge in [-0.1, -0.05) is 132 Å². The van der Waals surface area contributed by atoms with Crippen molar-refractivity contribution >= 4 is 53.3 Å². The molecule has 12 aromatic rings. The third-order valence-electron chi connectivity index (χ3n) is 12.1. The fourth-order valence-electron chi connectivity index (χ4n) is 9.02. The quantitative estimate of drug-likeness (QED) is 0.152. The smallest absolute Gasteiger partial charge is 0.0708 e. The van der Waals surface area contributed by atoms with Crippen molar-refractivity contribution in [1.82, 2.24) is 24.5 Å². The Labute approximate surface area is 409 Å². The van der Waals surface area contributed by atoms with Crippen LogP contribution in [0.5, 0.6) is 0 Å². The maximum Gasteiger partial charge on any atom is 0.0708 e. The number of thiophene rings is 1. The SMILES string of the molecule is CC.CC.CCCc1ccccn1.c1ccc(-c2ccccc2-c2ccc3c(c2)c2cc(-c4ccccc4-c4ccccn4)ccc2n3-c2ccc3sc4ccc(-c5cccnc5)cc4c3c2)nc1. The minimum Gasteiger partial charge on any atom is -0.309 e. The molecule has 6 heterocycles. The fraction of sp³-hybridized carbons (Fsp3) is 0.111. The van der Waals surface area contributed by atoms with E-state index >= 15 is 0 Å². The van der Waals surface area contributed by atoms with Crippen molar-refractivity contribution in [2.24, 2.45) is 0 Å². The van der Waals surface area contributed by atoms with Gasteiger partial charge in [0.15, 0.2) is 0 Å². The van der Waals surface area contributed by atoms with Gasteiger partial charge in [-0.3, -0.25) is 19.9 Å². The Bertz CT molecular complexity index is 3460. The second kappa shape index (κ2) is 21.7. The third kappa shape index (κ3) is 9.58. The molecule has 0 aliphatic rings. The molecule has 6 aromatic carbocycles. The van der Waals surface area contributed by atoms with E-state index in [1.54, 1.807) is 0 Å². The lowest BCUT2D eigenvalue weighted by molar-refractivity contribution is 0.883. The summed E-state index contributed by atoms with van der Waals surface area (Å²) in [6, 6.07) is 67.0. The number of hydrogen-bond donors (Lipinski definition) is 0. The number of aromatic nitrogens is 5. The van der Waals surface area contributed by atoms with Gasteiger partial charge in [0.05, 0.1) is 22.4 Å². The van der Waals surface area contributed by atoms with Gasteiger partial charge < -0.3 is 4.57 Å². The molecular weight excluding hydrogens is 859 g/mol. The summed E-state index contributed by atoms with van der Waals surface area (Å²) >= 11 is 1.84. The first-order valence-corrected chi connectivity index (χ1v) is 24.9. The van der Waals surface area contributed by atoms with Crippen molar-refractivity contribution < 1.29 is 0 Å². The summed E-state index contributed by atoms with van der Waals surface area (Å²) in [5.74, 6) is 0. The van der Waals surface area contributed by atoms with Gasteiger partial charge in [0.25, 0.3) is 0 Å². The van der Waals surface area contributed by atoms with E-state index in [0.717, 1.165) is 73.5 Å². The first-order chi connectivity index (χ1) is 34.2. The number of pyridine rings is 4. The Morgan fingerprint density at radius 1 is 0.406 bits per heavy atom. The van der Waals surface area contributed by atoms with E-state index in [4.69, 9.17) is 9.97 Å². The van der Waals surface area contributed by atoms with Crippen molar-refractivity contribution in [2.75, 3.05) is 0 Å². The predicted molar refractivity (Wildman–Crippen MR) is 295 cm³/mol. The largest absolute Gasteiger partial charge is 0.309 e. The summed E-state index contributed by atoms with van der Waals surface area (Å²) in [6.45, 7) is 10.2. The normalized spacial score (nSPS) is 10.8. The maximum absolute atomic E-state index is 4.72. The molecular formula is C63H55N5S. The highest BCUT2D eigenvalue weighted by Crippen LogP contribution is 2.42. The number of aryl methyl sites for hydroxylation is 1. The van der Waals surface area contributed by atoms with E-state index in [2.05, 4.69) is 167 Å². The maximum atomic E-state index is 4.72. The number of nitrogens with zero attached hydrogens (tertiary/aromatic N) is 5. The summed E-state index contributed by atoms with van der Waals surface area (Å²) in [5, 5.41) is 4.90. The standard InChI is InChI=1S/C51H32N4S.C8H11N.2C2H6/c1-3-13-40(46-15-5-7-26-53-46)38(11-1)34-17-21-48-42(29-34)43-30-35(39-12-2-4-14-41(39)47-16-6-8-27-54-47)18-22-49(43)55(48)37-20-24-51-45(31-37)44-28-33(19-23-50(44)56-51)36-10-9-25-52-32-36;1-2-5-8-6-3-4-7-9-8;2*1-2/h1-32H;3-4,6-7H,2,5H2,1H3;2*1-2H3. The topological polar surface area (TPSA) is 56.5 Å². The molecule has 0 aliphatic heterocycles. The van der Waals surface area contributed by atoms with Crippen LogP contribution < -0.4 is 0 Å². The Morgan fingerprint density at radius 3 is 1.43 bits per heavy atom. The zero-order valence-electron chi connectivity index (χ0n) is 39.8. The summed E-state index contributed by atoms with van der Waals surface area (Å²) in [5.41, 5.74) is 15.7.